The van der Waals surface area contributed by atoms with Gasteiger partial charge in [-0.15, -0.1) is 4.91 Å². The smallest absolute Gasteiger partial charge is 0.338 e. The average molecular weight is 222 g/mol. The van der Waals surface area contributed by atoms with Gasteiger partial charge < -0.3 is 5.11 Å². The van der Waals surface area contributed by atoms with Gasteiger partial charge in [-0.25, -0.2) is 14.8 Å². The van der Waals surface area contributed by atoms with Crippen molar-refractivity contribution >= 4 is 5.97 Å². The predicted octanol–water partition coefficient (Wildman–Crippen LogP) is 0.993. The highest BCUT2D eigenvalue weighted by atomic mass is 16.4. The summed E-state index contributed by atoms with van der Waals surface area (Å²) in [5, 5.41) is 13.0. The largest absolute Gasteiger partial charge is 0.478 e. The van der Waals surface area contributed by atoms with Gasteiger partial charge in [0.05, 0.1) is 10.8 Å². The maximum absolute atomic E-state index is 10.6. The Balaban J connectivity index is 2.21. The molecule has 1 aliphatic heterocycles. The molecule has 1 aromatic heterocycles. The molecule has 16 heavy (non-hydrogen) atoms. The second-order valence-electron chi connectivity index (χ2n) is 3.54. The first-order valence-corrected chi connectivity index (χ1v) is 4.87. The van der Waals surface area contributed by atoms with Gasteiger partial charge in [-0.2, -0.15) is 0 Å². The van der Waals surface area contributed by atoms with E-state index in [4.69, 9.17) is 5.11 Å². The van der Waals surface area contributed by atoms with Crippen molar-refractivity contribution in [2.75, 3.05) is 6.54 Å². The second kappa shape index (κ2) is 4.21. The molecular formula is C9H10N4O3. The molecule has 84 valence electrons. The number of hydrogen-bond acceptors (Lipinski definition) is 5. The summed E-state index contributed by atoms with van der Waals surface area (Å²) in [6.45, 7) is 0.595. The van der Waals surface area contributed by atoms with Crippen molar-refractivity contribution in [1.82, 2.24) is 15.0 Å². The number of nitroso groups, excluding NO2 is 1. The Morgan fingerprint density at radius 1 is 1.50 bits per heavy atom. The van der Waals surface area contributed by atoms with Gasteiger partial charge in [0.25, 0.3) is 0 Å². The molecule has 1 aromatic rings. The molecule has 0 bridgehead atoms. The number of carboxylic acid groups (broad SMARTS) is 1. The van der Waals surface area contributed by atoms with Gasteiger partial charge in [-0.05, 0) is 12.8 Å². The van der Waals surface area contributed by atoms with Crippen molar-refractivity contribution < 1.29 is 9.90 Å². The summed E-state index contributed by atoms with van der Waals surface area (Å²) in [6, 6.07) is -0.222. The third-order valence-electron chi connectivity index (χ3n) is 2.55. The lowest BCUT2D eigenvalue weighted by Gasteiger charge is -2.15. The quantitative estimate of drug-likeness (QED) is 0.766. The zero-order chi connectivity index (χ0) is 11.5. The van der Waals surface area contributed by atoms with Crippen LogP contribution in [0.4, 0.5) is 0 Å². The molecule has 1 unspecified atom stereocenters. The van der Waals surface area contributed by atoms with E-state index in [1.165, 1.54) is 17.4 Å². The SMILES string of the molecule is O=NN1CCCC1c1ncc(C(=O)O)cn1. The summed E-state index contributed by atoms with van der Waals surface area (Å²) in [7, 11) is 0. The van der Waals surface area contributed by atoms with Crippen LogP contribution in [-0.2, 0) is 0 Å². The topological polar surface area (TPSA) is 95.8 Å². The van der Waals surface area contributed by atoms with Crippen LogP contribution in [0.3, 0.4) is 0 Å². The lowest BCUT2D eigenvalue weighted by Crippen LogP contribution is -2.18. The summed E-state index contributed by atoms with van der Waals surface area (Å²) < 4.78 is 0. The van der Waals surface area contributed by atoms with E-state index in [9.17, 15) is 9.70 Å². The molecular weight excluding hydrogens is 212 g/mol. The van der Waals surface area contributed by atoms with Crippen LogP contribution in [0.5, 0.6) is 0 Å². The molecule has 1 aliphatic rings. The van der Waals surface area contributed by atoms with Gasteiger partial charge >= 0.3 is 5.97 Å². The monoisotopic (exact) mass is 222 g/mol. The molecule has 1 N–H and O–H groups in total. The minimum absolute atomic E-state index is 0.0346. The molecule has 0 aliphatic carbocycles. The van der Waals surface area contributed by atoms with E-state index in [1.807, 2.05) is 0 Å². The van der Waals surface area contributed by atoms with E-state index in [-0.39, 0.29) is 11.6 Å². The average Bonchev–Trinajstić information content (AvgIpc) is 2.77. The Bertz CT molecular complexity index is 406. The number of carbonyl (C=O) groups is 1. The van der Waals surface area contributed by atoms with Gasteiger partial charge in [0, 0.05) is 18.9 Å². The number of aromatic nitrogens is 2. The van der Waals surface area contributed by atoms with E-state index >= 15 is 0 Å². The molecule has 1 saturated heterocycles. The number of carboxylic acids is 1. The third kappa shape index (κ3) is 1.83. The summed E-state index contributed by atoms with van der Waals surface area (Å²) >= 11 is 0. The lowest BCUT2D eigenvalue weighted by molar-refractivity contribution is 0.0695. The van der Waals surface area contributed by atoms with Gasteiger partial charge in [-0.3, -0.25) is 5.01 Å². The zero-order valence-electron chi connectivity index (χ0n) is 8.41. The molecule has 7 heteroatoms. The first kappa shape index (κ1) is 10.5. The van der Waals surface area contributed by atoms with Gasteiger partial charge in [0.2, 0.25) is 0 Å². The van der Waals surface area contributed by atoms with Gasteiger partial charge in [0.15, 0.2) is 5.82 Å². The predicted molar refractivity (Wildman–Crippen MR) is 53.5 cm³/mol. The van der Waals surface area contributed by atoms with Gasteiger partial charge in [-0.1, -0.05) is 0 Å². The van der Waals surface area contributed by atoms with Crippen LogP contribution in [0.1, 0.15) is 35.1 Å². The van der Waals surface area contributed by atoms with E-state index < -0.39 is 5.97 Å². The minimum atomic E-state index is -1.07. The number of nitrogens with zero attached hydrogens (tertiary/aromatic N) is 4. The molecule has 0 amide bonds. The number of aromatic carboxylic acids is 1. The van der Waals surface area contributed by atoms with E-state index in [0.717, 1.165) is 12.8 Å². The Labute approximate surface area is 91.1 Å². The van der Waals surface area contributed by atoms with Crippen LogP contribution in [0.15, 0.2) is 17.7 Å². The molecule has 0 aromatic carbocycles. The maximum atomic E-state index is 10.6. The lowest BCUT2D eigenvalue weighted by atomic mass is 10.2. The minimum Gasteiger partial charge on any atom is -0.478 e. The Hall–Kier alpha value is -2.05. The molecule has 0 saturated carbocycles. The summed E-state index contributed by atoms with van der Waals surface area (Å²) in [6.07, 6.45) is 4.11. The molecule has 2 heterocycles. The molecule has 7 nitrogen and oxygen atoms in total. The van der Waals surface area contributed by atoms with Gasteiger partial charge in [0.1, 0.15) is 6.04 Å². The van der Waals surface area contributed by atoms with Crippen molar-refractivity contribution in [3.05, 3.63) is 28.7 Å². The van der Waals surface area contributed by atoms with Crippen molar-refractivity contribution in [1.29, 1.82) is 0 Å². The van der Waals surface area contributed by atoms with Crippen molar-refractivity contribution in [2.45, 2.75) is 18.9 Å². The highest BCUT2D eigenvalue weighted by molar-refractivity contribution is 5.86. The van der Waals surface area contributed by atoms with Crippen LogP contribution in [-0.4, -0.2) is 32.6 Å². The fourth-order valence-corrected chi connectivity index (χ4v) is 1.73. The standard InChI is InChI=1S/C9H10N4O3/c14-9(15)6-4-10-8(11-5-6)7-2-1-3-13(7)12-16/h4-5,7H,1-3H2,(H,14,15). The molecule has 0 spiro atoms. The number of hydrogen-bond donors (Lipinski definition) is 1. The normalized spacial score (nSPS) is 19.8. The van der Waals surface area contributed by atoms with Crippen molar-refractivity contribution in [3.63, 3.8) is 0 Å². The summed E-state index contributed by atoms with van der Waals surface area (Å²) in [5.74, 6) is -0.620. The Morgan fingerprint density at radius 2 is 2.19 bits per heavy atom. The van der Waals surface area contributed by atoms with E-state index in [1.54, 1.807) is 0 Å². The Kier molecular flexibility index (Phi) is 2.76. The first-order chi connectivity index (χ1) is 7.72. The van der Waals surface area contributed by atoms with Crippen molar-refractivity contribution in [3.8, 4) is 0 Å². The summed E-state index contributed by atoms with van der Waals surface area (Å²) in [5.41, 5.74) is 0.0346. The maximum Gasteiger partial charge on any atom is 0.338 e. The highest BCUT2D eigenvalue weighted by Crippen LogP contribution is 2.29. The first-order valence-electron chi connectivity index (χ1n) is 4.87. The highest BCUT2D eigenvalue weighted by Gasteiger charge is 2.28. The fraction of sp³-hybridized carbons (Fsp3) is 0.444. The molecule has 0 radical (unpaired) electrons. The molecule has 2 rings (SSSR count). The second-order valence-corrected chi connectivity index (χ2v) is 3.54. The van der Waals surface area contributed by atoms with Crippen molar-refractivity contribution in [2.24, 2.45) is 5.29 Å². The van der Waals surface area contributed by atoms with Crippen LogP contribution in [0.2, 0.25) is 0 Å². The van der Waals surface area contributed by atoms with Crippen LogP contribution >= 0.6 is 0 Å². The van der Waals surface area contributed by atoms with Crippen LogP contribution < -0.4 is 0 Å². The Morgan fingerprint density at radius 3 is 2.75 bits per heavy atom. The molecule has 1 fully saturated rings. The molecule has 1 atom stereocenters. The van der Waals surface area contributed by atoms with E-state index in [0.29, 0.717) is 12.4 Å². The summed E-state index contributed by atoms with van der Waals surface area (Å²) in [4.78, 5) is 29.0. The van der Waals surface area contributed by atoms with E-state index in [2.05, 4.69) is 15.3 Å². The van der Waals surface area contributed by atoms with Crippen LogP contribution in [0.25, 0.3) is 0 Å². The zero-order valence-corrected chi connectivity index (χ0v) is 8.41. The fourth-order valence-electron chi connectivity index (χ4n) is 1.73. The number of rotatable bonds is 3. The third-order valence-corrected chi connectivity index (χ3v) is 2.55. The van der Waals surface area contributed by atoms with Crippen LogP contribution in [0, 0.1) is 4.91 Å².